The largest absolute Gasteiger partial charge is 0.491 e. The van der Waals surface area contributed by atoms with Crippen molar-refractivity contribution in [2.75, 3.05) is 33.3 Å². The molecule has 0 aliphatic carbocycles. The van der Waals surface area contributed by atoms with E-state index in [9.17, 15) is 9.59 Å². The third-order valence-electron chi connectivity index (χ3n) is 7.79. The van der Waals surface area contributed by atoms with Crippen LogP contribution in [0.15, 0.2) is 61.2 Å². The predicted octanol–water partition coefficient (Wildman–Crippen LogP) is 4.01. The SMILES string of the molecule is Cc1nn(C)c(C)c1CCC(=O)N1CCOc2ccc(-c3cncnc3)cc2Cc2cccc(c2)C(=O)N(C)CC1. The molecule has 2 aromatic carbocycles. The van der Waals surface area contributed by atoms with Crippen LogP contribution in [-0.4, -0.2) is 74.7 Å². The zero-order valence-electron chi connectivity index (χ0n) is 24.1. The number of rotatable bonds is 4. The molecule has 0 radical (unpaired) electrons. The second-order valence-electron chi connectivity index (χ2n) is 10.6. The standard InChI is InChI=1S/C32H36N6O3/c1-22-29(23(2)37(4)35-22)9-11-31(39)38-13-12-36(3)32(40)26-7-5-6-24(16-26)17-27-18-25(28-19-33-21-34-20-28)8-10-30(27)41-15-14-38/h5-8,10,16,18-21H,9,11-15,17H2,1-4H3. The van der Waals surface area contributed by atoms with Gasteiger partial charge in [-0.1, -0.05) is 18.2 Å². The van der Waals surface area contributed by atoms with Gasteiger partial charge in [0.15, 0.2) is 0 Å². The van der Waals surface area contributed by atoms with Gasteiger partial charge in [-0.15, -0.1) is 0 Å². The minimum atomic E-state index is -0.0652. The number of hydrogen-bond donors (Lipinski definition) is 0. The highest BCUT2D eigenvalue weighted by Crippen LogP contribution is 2.29. The Balaban J connectivity index is 1.41. The van der Waals surface area contributed by atoms with Crippen LogP contribution in [0.4, 0.5) is 0 Å². The third kappa shape index (κ3) is 6.45. The van der Waals surface area contributed by atoms with Crippen molar-refractivity contribution in [3.8, 4) is 16.9 Å². The number of carbonyl (C=O) groups excluding carboxylic acids is 2. The summed E-state index contributed by atoms with van der Waals surface area (Å²) in [6.45, 7) is 5.62. The molecule has 2 amide bonds. The lowest BCUT2D eigenvalue weighted by Gasteiger charge is -2.27. The summed E-state index contributed by atoms with van der Waals surface area (Å²) in [7, 11) is 3.70. The number of fused-ring (bicyclic) bond motifs is 3. The normalized spacial score (nSPS) is 14.3. The summed E-state index contributed by atoms with van der Waals surface area (Å²) < 4.78 is 8.16. The molecule has 2 bridgehead atoms. The van der Waals surface area contributed by atoms with Crippen LogP contribution < -0.4 is 4.74 Å². The molecule has 9 heteroatoms. The summed E-state index contributed by atoms with van der Waals surface area (Å²) in [6, 6.07) is 13.8. The number of amides is 2. The van der Waals surface area contributed by atoms with Crippen molar-refractivity contribution < 1.29 is 14.3 Å². The minimum absolute atomic E-state index is 0.0332. The average molecular weight is 553 g/mol. The molecule has 2 aromatic heterocycles. The predicted molar refractivity (Wildman–Crippen MR) is 157 cm³/mol. The maximum absolute atomic E-state index is 13.4. The second-order valence-corrected chi connectivity index (χ2v) is 10.6. The van der Waals surface area contributed by atoms with Crippen molar-refractivity contribution in [2.45, 2.75) is 33.1 Å². The fraction of sp³-hybridized carbons (Fsp3) is 0.344. The molecule has 0 N–H and O–H groups in total. The van der Waals surface area contributed by atoms with E-state index in [-0.39, 0.29) is 11.8 Å². The van der Waals surface area contributed by atoms with Gasteiger partial charge in [0.2, 0.25) is 5.91 Å². The van der Waals surface area contributed by atoms with Crippen LogP contribution in [0.3, 0.4) is 0 Å². The fourth-order valence-corrected chi connectivity index (χ4v) is 5.31. The molecule has 212 valence electrons. The second kappa shape index (κ2) is 12.3. The van der Waals surface area contributed by atoms with E-state index in [1.807, 2.05) is 66.9 Å². The summed E-state index contributed by atoms with van der Waals surface area (Å²) >= 11 is 0. The zero-order chi connectivity index (χ0) is 28.9. The van der Waals surface area contributed by atoms with E-state index >= 15 is 0 Å². The van der Waals surface area contributed by atoms with Gasteiger partial charge in [-0.25, -0.2) is 9.97 Å². The summed E-state index contributed by atoms with van der Waals surface area (Å²) in [4.78, 5) is 38.6. The van der Waals surface area contributed by atoms with E-state index in [0.717, 1.165) is 45.0 Å². The van der Waals surface area contributed by atoms with E-state index in [4.69, 9.17) is 4.74 Å². The molecule has 3 heterocycles. The Hall–Kier alpha value is -4.53. The number of carbonyl (C=O) groups is 2. The first-order valence-corrected chi connectivity index (χ1v) is 13.9. The van der Waals surface area contributed by atoms with Gasteiger partial charge >= 0.3 is 0 Å². The molecule has 4 aromatic rings. The molecule has 1 aliphatic rings. The fourth-order valence-electron chi connectivity index (χ4n) is 5.31. The van der Waals surface area contributed by atoms with E-state index in [2.05, 4.69) is 21.1 Å². The van der Waals surface area contributed by atoms with Crippen molar-refractivity contribution in [1.29, 1.82) is 0 Å². The Kier molecular flexibility index (Phi) is 8.42. The number of hydrogen-bond acceptors (Lipinski definition) is 6. The summed E-state index contributed by atoms with van der Waals surface area (Å²) in [5.74, 6) is 0.723. The van der Waals surface area contributed by atoms with Crippen LogP contribution in [-0.2, 0) is 24.7 Å². The molecule has 0 saturated carbocycles. The summed E-state index contributed by atoms with van der Waals surface area (Å²) in [5.41, 5.74) is 7.66. The molecule has 0 fully saturated rings. The first kappa shape index (κ1) is 28.0. The van der Waals surface area contributed by atoms with Gasteiger partial charge in [0.05, 0.1) is 12.2 Å². The summed E-state index contributed by atoms with van der Waals surface area (Å²) in [5, 5.41) is 4.48. The first-order chi connectivity index (χ1) is 19.8. The van der Waals surface area contributed by atoms with Gasteiger partial charge in [0.1, 0.15) is 18.7 Å². The Morgan fingerprint density at radius 2 is 1.76 bits per heavy atom. The van der Waals surface area contributed by atoms with E-state index < -0.39 is 0 Å². The van der Waals surface area contributed by atoms with Crippen LogP contribution in [0.2, 0.25) is 0 Å². The topological polar surface area (TPSA) is 93.5 Å². The summed E-state index contributed by atoms with van der Waals surface area (Å²) in [6.07, 6.45) is 6.66. The molecular weight excluding hydrogens is 516 g/mol. The lowest BCUT2D eigenvalue weighted by atomic mass is 9.98. The van der Waals surface area contributed by atoms with Crippen molar-refractivity contribution >= 4 is 11.8 Å². The monoisotopic (exact) mass is 552 g/mol. The Labute approximate surface area is 240 Å². The van der Waals surface area contributed by atoms with Gasteiger partial charge in [-0.2, -0.15) is 5.10 Å². The highest BCUT2D eigenvalue weighted by molar-refractivity contribution is 5.94. The zero-order valence-corrected chi connectivity index (χ0v) is 24.1. The van der Waals surface area contributed by atoms with E-state index in [0.29, 0.717) is 51.1 Å². The maximum Gasteiger partial charge on any atom is 0.253 e. The minimum Gasteiger partial charge on any atom is -0.491 e. The number of aromatic nitrogens is 4. The number of ether oxygens (including phenoxy) is 1. The highest BCUT2D eigenvalue weighted by Gasteiger charge is 2.20. The van der Waals surface area contributed by atoms with E-state index in [1.54, 1.807) is 24.3 Å². The molecule has 9 nitrogen and oxygen atoms in total. The van der Waals surface area contributed by atoms with Crippen molar-refractivity contribution in [1.82, 2.24) is 29.5 Å². The van der Waals surface area contributed by atoms with Gasteiger partial charge in [0.25, 0.3) is 5.91 Å². The lowest BCUT2D eigenvalue weighted by Crippen LogP contribution is -2.41. The number of nitrogens with zero attached hydrogens (tertiary/aromatic N) is 6. The van der Waals surface area contributed by atoms with Gasteiger partial charge in [-0.05, 0) is 66.8 Å². The molecule has 41 heavy (non-hydrogen) atoms. The Bertz CT molecular complexity index is 1550. The third-order valence-corrected chi connectivity index (χ3v) is 7.79. The van der Waals surface area contributed by atoms with Crippen LogP contribution in [0.25, 0.3) is 11.1 Å². The van der Waals surface area contributed by atoms with Crippen molar-refractivity contribution in [3.05, 3.63) is 94.8 Å². The average Bonchev–Trinajstić information content (AvgIpc) is 3.23. The highest BCUT2D eigenvalue weighted by atomic mass is 16.5. The molecule has 0 atom stereocenters. The van der Waals surface area contributed by atoms with Crippen LogP contribution in [0.1, 0.15) is 44.9 Å². The molecular formula is C32H36N6O3. The van der Waals surface area contributed by atoms with Crippen LogP contribution in [0.5, 0.6) is 5.75 Å². The van der Waals surface area contributed by atoms with Crippen molar-refractivity contribution in [2.24, 2.45) is 7.05 Å². The lowest BCUT2D eigenvalue weighted by molar-refractivity contribution is -0.131. The Morgan fingerprint density at radius 3 is 2.51 bits per heavy atom. The van der Waals surface area contributed by atoms with Gasteiger partial charge < -0.3 is 14.5 Å². The molecule has 1 aliphatic heterocycles. The van der Waals surface area contributed by atoms with Crippen molar-refractivity contribution in [3.63, 3.8) is 0 Å². The number of benzene rings is 2. The molecule has 0 spiro atoms. The molecule has 0 unspecified atom stereocenters. The maximum atomic E-state index is 13.4. The smallest absolute Gasteiger partial charge is 0.253 e. The van der Waals surface area contributed by atoms with Gasteiger partial charge in [-0.3, -0.25) is 14.3 Å². The van der Waals surface area contributed by atoms with Gasteiger partial charge in [0, 0.05) is 69.2 Å². The quantitative estimate of drug-likeness (QED) is 0.380. The molecule has 0 saturated heterocycles. The Morgan fingerprint density at radius 1 is 0.951 bits per heavy atom. The van der Waals surface area contributed by atoms with Crippen LogP contribution in [0, 0.1) is 13.8 Å². The van der Waals surface area contributed by atoms with E-state index in [1.165, 1.54) is 6.33 Å². The number of likely N-dealkylation sites (N-methyl/N-ethyl adjacent to an activating group) is 1. The number of aryl methyl sites for hydroxylation is 2. The first-order valence-electron chi connectivity index (χ1n) is 13.9. The molecule has 5 rings (SSSR count). The van der Waals surface area contributed by atoms with Crippen LogP contribution >= 0.6 is 0 Å².